The number of benzene rings is 1. The van der Waals surface area contributed by atoms with Crippen LogP contribution in [0.15, 0.2) is 61.1 Å². The number of nitrogens with one attached hydrogen (secondary N) is 1. The first-order valence-electron chi connectivity index (χ1n) is 6.46. The molecule has 6 heteroatoms. The highest BCUT2D eigenvalue weighted by Crippen LogP contribution is 2.28. The van der Waals surface area contributed by atoms with Crippen LogP contribution in [0.1, 0.15) is 17.3 Å². The Morgan fingerprint density at radius 1 is 1.10 bits per heavy atom. The lowest BCUT2D eigenvalue weighted by Gasteiger charge is -2.19. The quantitative estimate of drug-likeness (QED) is 0.573. The third-order valence-corrected chi connectivity index (χ3v) is 3.57. The highest BCUT2D eigenvalue weighted by atomic mass is 35.5. The highest BCUT2D eigenvalue weighted by Gasteiger charge is 2.20. The van der Waals surface area contributed by atoms with Gasteiger partial charge < -0.3 is 0 Å². The SMILES string of the molecule is NNC(c1ccncc1Cl)c1ccnn1-c1ccccc1. The number of hydrazine groups is 1. The molecule has 0 aliphatic carbocycles. The summed E-state index contributed by atoms with van der Waals surface area (Å²) in [7, 11) is 0. The standard InChI is InChI=1S/C15H14ClN5/c16-13-10-18-8-6-12(13)15(20-17)14-7-9-19-21(14)11-4-2-1-3-5-11/h1-10,15,20H,17H2. The molecule has 5 nitrogen and oxygen atoms in total. The molecule has 3 N–H and O–H groups in total. The first-order valence-corrected chi connectivity index (χ1v) is 6.84. The summed E-state index contributed by atoms with van der Waals surface area (Å²) in [6.07, 6.45) is 5.03. The van der Waals surface area contributed by atoms with Gasteiger partial charge in [-0.3, -0.25) is 10.8 Å². The zero-order chi connectivity index (χ0) is 14.7. The maximum absolute atomic E-state index is 6.23. The summed E-state index contributed by atoms with van der Waals surface area (Å²) in [5.41, 5.74) is 5.51. The average Bonchev–Trinajstić information content (AvgIpc) is 3.00. The van der Waals surface area contributed by atoms with Crippen molar-refractivity contribution < 1.29 is 0 Å². The fourth-order valence-electron chi connectivity index (χ4n) is 2.27. The van der Waals surface area contributed by atoms with Crippen LogP contribution >= 0.6 is 11.6 Å². The van der Waals surface area contributed by atoms with Crippen LogP contribution in [-0.2, 0) is 0 Å². The predicted octanol–water partition coefficient (Wildman–Crippen LogP) is 2.47. The van der Waals surface area contributed by atoms with E-state index in [1.54, 1.807) is 18.6 Å². The molecule has 2 aromatic heterocycles. The van der Waals surface area contributed by atoms with Gasteiger partial charge in [0.05, 0.1) is 22.4 Å². The molecule has 1 aromatic carbocycles. The van der Waals surface area contributed by atoms with E-state index in [0.717, 1.165) is 16.9 Å². The van der Waals surface area contributed by atoms with E-state index < -0.39 is 0 Å². The monoisotopic (exact) mass is 299 g/mol. The number of rotatable bonds is 4. The smallest absolute Gasteiger partial charge is 0.0898 e. The summed E-state index contributed by atoms with van der Waals surface area (Å²) in [5, 5.41) is 4.93. The first-order chi connectivity index (χ1) is 10.3. The van der Waals surface area contributed by atoms with E-state index in [-0.39, 0.29) is 6.04 Å². The predicted molar refractivity (Wildman–Crippen MR) is 82.0 cm³/mol. The molecule has 3 rings (SSSR count). The third-order valence-electron chi connectivity index (χ3n) is 3.25. The number of nitrogens with zero attached hydrogens (tertiary/aromatic N) is 3. The van der Waals surface area contributed by atoms with Gasteiger partial charge in [-0.1, -0.05) is 29.8 Å². The zero-order valence-electron chi connectivity index (χ0n) is 11.1. The van der Waals surface area contributed by atoms with Crippen molar-refractivity contribution >= 4 is 11.6 Å². The maximum Gasteiger partial charge on any atom is 0.0898 e. The number of aromatic nitrogens is 3. The largest absolute Gasteiger partial charge is 0.271 e. The summed E-state index contributed by atoms with van der Waals surface area (Å²) < 4.78 is 1.83. The molecule has 0 bridgehead atoms. The molecule has 0 saturated carbocycles. The van der Waals surface area contributed by atoms with Crippen LogP contribution in [-0.4, -0.2) is 14.8 Å². The molecular weight excluding hydrogens is 286 g/mol. The van der Waals surface area contributed by atoms with Crippen molar-refractivity contribution in [3.8, 4) is 5.69 Å². The molecule has 0 fully saturated rings. The molecule has 0 amide bonds. The number of para-hydroxylation sites is 1. The normalized spacial score (nSPS) is 12.3. The van der Waals surface area contributed by atoms with Gasteiger partial charge in [0.1, 0.15) is 0 Å². The Morgan fingerprint density at radius 3 is 2.62 bits per heavy atom. The summed E-state index contributed by atoms with van der Waals surface area (Å²) in [6.45, 7) is 0. The number of hydrogen-bond donors (Lipinski definition) is 2. The molecule has 0 spiro atoms. The average molecular weight is 300 g/mol. The summed E-state index contributed by atoms with van der Waals surface area (Å²) >= 11 is 6.23. The van der Waals surface area contributed by atoms with Gasteiger partial charge in [0.15, 0.2) is 0 Å². The molecule has 0 saturated heterocycles. The number of nitrogens with two attached hydrogens (primary N) is 1. The lowest BCUT2D eigenvalue weighted by Crippen LogP contribution is -2.30. The van der Waals surface area contributed by atoms with Crippen molar-refractivity contribution in [3.05, 3.63) is 77.3 Å². The molecule has 1 atom stereocenters. The van der Waals surface area contributed by atoms with Gasteiger partial charge >= 0.3 is 0 Å². The minimum Gasteiger partial charge on any atom is -0.271 e. The van der Waals surface area contributed by atoms with Gasteiger partial charge in [-0.2, -0.15) is 5.10 Å². The second-order valence-corrected chi connectivity index (χ2v) is 4.91. The molecule has 2 heterocycles. The van der Waals surface area contributed by atoms with Crippen LogP contribution in [0.2, 0.25) is 5.02 Å². The van der Waals surface area contributed by atoms with Gasteiger partial charge in [0.2, 0.25) is 0 Å². The van der Waals surface area contributed by atoms with E-state index in [1.165, 1.54) is 0 Å². The van der Waals surface area contributed by atoms with Gasteiger partial charge in [-0.25, -0.2) is 10.1 Å². The minimum atomic E-state index is -0.275. The van der Waals surface area contributed by atoms with Crippen molar-refractivity contribution in [3.63, 3.8) is 0 Å². The van der Waals surface area contributed by atoms with Crippen LogP contribution in [0, 0.1) is 0 Å². The minimum absolute atomic E-state index is 0.275. The van der Waals surface area contributed by atoms with Crippen LogP contribution in [0.3, 0.4) is 0 Å². The maximum atomic E-state index is 6.23. The van der Waals surface area contributed by atoms with Gasteiger partial charge in [-0.05, 0) is 29.8 Å². The Bertz CT molecular complexity index is 726. The van der Waals surface area contributed by atoms with E-state index in [2.05, 4.69) is 15.5 Å². The van der Waals surface area contributed by atoms with E-state index in [0.29, 0.717) is 5.02 Å². The lowest BCUT2D eigenvalue weighted by molar-refractivity contribution is 0.597. The second-order valence-electron chi connectivity index (χ2n) is 4.50. The summed E-state index contributed by atoms with van der Waals surface area (Å²) in [4.78, 5) is 4.00. The van der Waals surface area contributed by atoms with Crippen molar-refractivity contribution in [2.45, 2.75) is 6.04 Å². The summed E-state index contributed by atoms with van der Waals surface area (Å²) in [6, 6.07) is 13.3. The Balaban J connectivity index is 2.08. The van der Waals surface area contributed by atoms with Crippen molar-refractivity contribution in [2.24, 2.45) is 5.84 Å². The lowest BCUT2D eigenvalue weighted by atomic mass is 10.1. The van der Waals surface area contributed by atoms with E-state index >= 15 is 0 Å². The Kier molecular flexibility index (Phi) is 3.96. The van der Waals surface area contributed by atoms with Gasteiger partial charge in [-0.15, -0.1) is 0 Å². The van der Waals surface area contributed by atoms with Crippen molar-refractivity contribution in [2.75, 3.05) is 0 Å². The molecule has 3 aromatic rings. The number of hydrogen-bond acceptors (Lipinski definition) is 4. The number of pyridine rings is 1. The second kappa shape index (κ2) is 6.05. The molecule has 0 aliphatic rings. The topological polar surface area (TPSA) is 68.8 Å². The zero-order valence-corrected chi connectivity index (χ0v) is 11.9. The Morgan fingerprint density at radius 2 is 1.90 bits per heavy atom. The van der Waals surface area contributed by atoms with Crippen LogP contribution in [0.5, 0.6) is 0 Å². The van der Waals surface area contributed by atoms with E-state index in [9.17, 15) is 0 Å². The number of halogens is 1. The fourth-order valence-corrected chi connectivity index (χ4v) is 2.50. The van der Waals surface area contributed by atoms with Crippen LogP contribution < -0.4 is 11.3 Å². The molecule has 1 unspecified atom stereocenters. The Hall–Kier alpha value is -2.21. The van der Waals surface area contributed by atoms with E-state index in [1.807, 2.05) is 47.1 Å². The molecule has 21 heavy (non-hydrogen) atoms. The van der Waals surface area contributed by atoms with E-state index in [4.69, 9.17) is 17.4 Å². The molecule has 106 valence electrons. The summed E-state index contributed by atoms with van der Waals surface area (Å²) in [5.74, 6) is 5.74. The van der Waals surface area contributed by atoms with Crippen molar-refractivity contribution in [1.29, 1.82) is 0 Å². The molecule has 0 radical (unpaired) electrons. The van der Waals surface area contributed by atoms with Crippen molar-refractivity contribution in [1.82, 2.24) is 20.2 Å². The van der Waals surface area contributed by atoms with Crippen LogP contribution in [0.25, 0.3) is 5.69 Å². The van der Waals surface area contributed by atoms with Crippen LogP contribution in [0.4, 0.5) is 0 Å². The Labute approximate surface area is 127 Å². The first kappa shape index (κ1) is 13.8. The third kappa shape index (κ3) is 2.67. The van der Waals surface area contributed by atoms with Gasteiger partial charge in [0, 0.05) is 18.6 Å². The highest BCUT2D eigenvalue weighted by molar-refractivity contribution is 6.31. The molecular formula is C15H14ClN5. The van der Waals surface area contributed by atoms with Gasteiger partial charge in [0.25, 0.3) is 0 Å². The fraction of sp³-hybridized carbons (Fsp3) is 0.0667. The molecule has 0 aliphatic heterocycles.